The van der Waals surface area contributed by atoms with Crippen LogP contribution in [0.25, 0.3) is 0 Å². The molecule has 0 unspecified atom stereocenters. The zero-order valence-electron chi connectivity index (χ0n) is 18.1. The molecule has 3 rings (SSSR count). The van der Waals surface area contributed by atoms with Crippen molar-refractivity contribution in [3.05, 3.63) is 82.3 Å². The van der Waals surface area contributed by atoms with Gasteiger partial charge in [0.1, 0.15) is 5.75 Å². The van der Waals surface area contributed by atoms with Crippen LogP contribution in [0.4, 0.5) is 11.4 Å². The molecule has 0 radical (unpaired) electrons. The van der Waals surface area contributed by atoms with Gasteiger partial charge in [-0.1, -0.05) is 48.0 Å². The van der Waals surface area contributed by atoms with Crippen molar-refractivity contribution in [2.24, 2.45) is 0 Å². The van der Waals surface area contributed by atoms with Crippen molar-refractivity contribution in [3.63, 3.8) is 0 Å². The first kappa shape index (κ1) is 23.8. The molecule has 0 aliphatic rings. The Morgan fingerprint density at radius 2 is 1.66 bits per heavy atom. The van der Waals surface area contributed by atoms with E-state index in [0.29, 0.717) is 11.4 Å². The van der Waals surface area contributed by atoms with E-state index in [-0.39, 0.29) is 23.3 Å². The van der Waals surface area contributed by atoms with Crippen LogP contribution in [0, 0.1) is 6.92 Å². The van der Waals surface area contributed by atoms with Crippen LogP contribution in [0.15, 0.2) is 76.1 Å². The van der Waals surface area contributed by atoms with Gasteiger partial charge in [0.25, 0.3) is 15.9 Å². The number of carbonyl (C=O) groups excluding carboxylic acids is 1. The highest BCUT2D eigenvalue weighted by Gasteiger charge is 2.15. The summed E-state index contributed by atoms with van der Waals surface area (Å²) in [6, 6.07) is 18.7. The fraction of sp³-hybridized carbons (Fsp3) is 0.208. The number of aryl methyl sites for hydroxylation is 1. The molecular formula is C24H25BrN2O4S. The average molecular weight is 517 g/mol. The molecule has 0 saturated carbocycles. The van der Waals surface area contributed by atoms with Gasteiger partial charge in [-0.3, -0.25) is 9.52 Å². The molecule has 0 bridgehead atoms. The zero-order valence-corrected chi connectivity index (χ0v) is 20.5. The number of carbonyl (C=O) groups is 1. The van der Waals surface area contributed by atoms with Crippen molar-refractivity contribution in [3.8, 4) is 5.75 Å². The third-order valence-electron chi connectivity index (χ3n) is 4.79. The summed E-state index contributed by atoms with van der Waals surface area (Å²) in [6.07, 6.45) is 0. The van der Waals surface area contributed by atoms with E-state index in [1.54, 1.807) is 24.3 Å². The van der Waals surface area contributed by atoms with E-state index in [9.17, 15) is 13.2 Å². The topological polar surface area (TPSA) is 84.5 Å². The van der Waals surface area contributed by atoms with Gasteiger partial charge in [0, 0.05) is 15.8 Å². The maximum atomic E-state index is 12.6. The normalized spacial score (nSPS) is 11.3. The summed E-state index contributed by atoms with van der Waals surface area (Å²) in [5, 5.41) is 2.92. The maximum Gasteiger partial charge on any atom is 0.262 e. The van der Waals surface area contributed by atoms with E-state index in [0.717, 1.165) is 21.3 Å². The van der Waals surface area contributed by atoms with Crippen LogP contribution in [0.3, 0.4) is 0 Å². The van der Waals surface area contributed by atoms with Crippen molar-refractivity contribution in [2.75, 3.05) is 16.6 Å². The summed E-state index contributed by atoms with van der Waals surface area (Å²) in [5.74, 6) is 0.387. The number of hydrogen-bond acceptors (Lipinski definition) is 4. The predicted molar refractivity (Wildman–Crippen MR) is 131 cm³/mol. The number of rotatable bonds is 8. The molecule has 0 saturated heterocycles. The van der Waals surface area contributed by atoms with E-state index in [1.165, 1.54) is 24.3 Å². The minimum Gasteiger partial charge on any atom is -0.484 e. The number of amides is 1. The molecule has 3 aromatic carbocycles. The number of ether oxygens (including phenoxy) is 1. The molecule has 3 aromatic rings. The van der Waals surface area contributed by atoms with Crippen molar-refractivity contribution in [1.29, 1.82) is 0 Å². The van der Waals surface area contributed by atoms with E-state index in [1.807, 2.05) is 25.1 Å². The molecule has 1 amide bonds. The van der Waals surface area contributed by atoms with E-state index in [2.05, 4.69) is 39.8 Å². The fourth-order valence-corrected chi connectivity index (χ4v) is 4.44. The second kappa shape index (κ2) is 10.2. The maximum absolute atomic E-state index is 12.6. The fourth-order valence-electron chi connectivity index (χ4n) is 3.11. The largest absolute Gasteiger partial charge is 0.484 e. The lowest BCUT2D eigenvalue weighted by molar-refractivity contribution is -0.118. The Morgan fingerprint density at radius 1 is 1.00 bits per heavy atom. The summed E-state index contributed by atoms with van der Waals surface area (Å²) in [4.78, 5) is 12.5. The molecule has 0 aromatic heterocycles. The van der Waals surface area contributed by atoms with Crippen LogP contribution >= 0.6 is 15.9 Å². The number of halogens is 1. The quantitative estimate of drug-likeness (QED) is 0.402. The first-order chi connectivity index (χ1) is 15.2. The Kier molecular flexibility index (Phi) is 7.58. The van der Waals surface area contributed by atoms with Gasteiger partial charge in [0.05, 0.1) is 4.90 Å². The standard InChI is InChI=1S/C24H25BrN2O4S/c1-16(2)22-6-4-5-17(3)24(22)26-23(28)15-31-20-11-13-21(14-12-20)32(29,30)27-19-9-7-18(25)8-10-19/h4-14,16,27H,15H2,1-3H3,(H,26,28). The lowest BCUT2D eigenvalue weighted by Gasteiger charge is -2.16. The van der Waals surface area contributed by atoms with Gasteiger partial charge in [-0.15, -0.1) is 0 Å². The summed E-state index contributed by atoms with van der Waals surface area (Å²) in [5.41, 5.74) is 3.31. The molecule has 0 aliphatic carbocycles. The lowest BCUT2D eigenvalue weighted by Crippen LogP contribution is -2.21. The molecule has 2 N–H and O–H groups in total. The van der Waals surface area contributed by atoms with Gasteiger partial charge in [-0.05, 0) is 72.5 Å². The first-order valence-electron chi connectivity index (χ1n) is 10.1. The molecule has 8 heteroatoms. The smallest absolute Gasteiger partial charge is 0.262 e. The Balaban J connectivity index is 1.61. The third kappa shape index (κ3) is 6.11. The van der Waals surface area contributed by atoms with Crippen molar-refractivity contribution < 1.29 is 17.9 Å². The lowest BCUT2D eigenvalue weighted by atomic mass is 9.98. The molecule has 32 heavy (non-hydrogen) atoms. The molecular weight excluding hydrogens is 492 g/mol. The molecule has 0 atom stereocenters. The number of sulfonamides is 1. The number of benzene rings is 3. The highest BCUT2D eigenvalue weighted by Crippen LogP contribution is 2.27. The van der Waals surface area contributed by atoms with E-state index in [4.69, 9.17) is 4.74 Å². The predicted octanol–water partition coefficient (Wildman–Crippen LogP) is 5.70. The highest BCUT2D eigenvalue weighted by atomic mass is 79.9. The van der Waals surface area contributed by atoms with Gasteiger partial charge < -0.3 is 10.1 Å². The second-order valence-electron chi connectivity index (χ2n) is 7.61. The second-order valence-corrected chi connectivity index (χ2v) is 10.2. The minimum atomic E-state index is -3.73. The monoisotopic (exact) mass is 516 g/mol. The van der Waals surface area contributed by atoms with Crippen LogP contribution in [0.5, 0.6) is 5.75 Å². The highest BCUT2D eigenvalue weighted by molar-refractivity contribution is 9.10. The van der Waals surface area contributed by atoms with Gasteiger partial charge in [-0.2, -0.15) is 0 Å². The molecule has 0 aliphatic heterocycles. The average Bonchev–Trinajstić information content (AvgIpc) is 2.75. The van der Waals surface area contributed by atoms with Gasteiger partial charge in [0.15, 0.2) is 6.61 Å². The number of nitrogens with one attached hydrogen (secondary N) is 2. The van der Waals surface area contributed by atoms with Gasteiger partial charge in [-0.25, -0.2) is 8.42 Å². The van der Waals surface area contributed by atoms with Crippen LogP contribution in [-0.4, -0.2) is 20.9 Å². The third-order valence-corrected chi connectivity index (χ3v) is 6.72. The van der Waals surface area contributed by atoms with E-state index < -0.39 is 10.0 Å². The van der Waals surface area contributed by atoms with Gasteiger partial charge >= 0.3 is 0 Å². The molecule has 0 spiro atoms. The van der Waals surface area contributed by atoms with E-state index >= 15 is 0 Å². The van der Waals surface area contributed by atoms with Crippen LogP contribution in [0.1, 0.15) is 30.9 Å². The number of para-hydroxylation sites is 1. The summed E-state index contributed by atoms with van der Waals surface area (Å²) in [6.45, 7) is 5.91. The van der Waals surface area contributed by atoms with Crippen molar-refractivity contribution >= 4 is 43.2 Å². The van der Waals surface area contributed by atoms with Crippen LogP contribution in [0.2, 0.25) is 0 Å². The van der Waals surface area contributed by atoms with Crippen molar-refractivity contribution in [1.82, 2.24) is 0 Å². The van der Waals surface area contributed by atoms with Crippen molar-refractivity contribution in [2.45, 2.75) is 31.6 Å². The molecule has 0 fully saturated rings. The minimum absolute atomic E-state index is 0.0960. The summed E-state index contributed by atoms with van der Waals surface area (Å²) >= 11 is 3.31. The molecule has 0 heterocycles. The Morgan fingerprint density at radius 3 is 2.28 bits per heavy atom. The van der Waals surface area contributed by atoms with Gasteiger partial charge in [0.2, 0.25) is 0 Å². The zero-order chi connectivity index (χ0) is 23.3. The number of anilines is 2. The first-order valence-corrected chi connectivity index (χ1v) is 12.3. The SMILES string of the molecule is Cc1cccc(C(C)C)c1NC(=O)COc1ccc(S(=O)(=O)Nc2ccc(Br)cc2)cc1. The molecule has 168 valence electrons. The Hall–Kier alpha value is -2.84. The number of hydrogen-bond donors (Lipinski definition) is 2. The van der Waals surface area contributed by atoms with Crippen LogP contribution < -0.4 is 14.8 Å². The Labute approximate surface area is 197 Å². The van der Waals surface area contributed by atoms with Crippen LogP contribution in [-0.2, 0) is 14.8 Å². The Bertz CT molecular complexity index is 1190. The summed E-state index contributed by atoms with van der Waals surface area (Å²) in [7, 11) is -3.73. The molecule has 6 nitrogen and oxygen atoms in total. The summed E-state index contributed by atoms with van der Waals surface area (Å²) < 4.78 is 34.0.